The van der Waals surface area contributed by atoms with E-state index in [1.54, 1.807) is 0 Å². The first-order valence-corrected chi connectivity index (χ1v) is 17.7. The second-order valence-corrected chi connectivity index (χ2v) is 18.2. The SMILES string of the molecule is Cc1cccc(C)c1C1=N[C@H](COp2oc3c(C(C)(C)C)cc(C(C)(C)C)cc3c3cc(C(C)(C)C)cc(C(C)(C)C)c3o2)CO1. The fourth-order valence-corrected chi connectivity index (χ4v) is 7.12. The Bertz CT molecular complexity index is 1740. The molecule has 2 heterocycles. The van der Waals surface area contributed by atoms with E-state index >= 15 is 0 Å². The van der Waals surface area contributed by atoms with Crippen molar-refractivity contribution in [2.75, 3.05) is 13.2 Å². The first-order valence-electron chi connectivity index (χ1n) is 16.6. The molecule has 0 amide bonds. The predicted octanol–water partition coefficient (Wildman–Crippen LogP) is 11.4. The summed E-state index contributed by atoms with van der Waals surface area (Å²) in [6.45, 7) is 32.1. The molecule has 0 aliphatic carbocycles. The minimum absolute atomic E-state index is 0.0499. The lowest BCUT2D eigenvalue weighted by atomic mass is 9.77. The van der Waals surface area contributed by atoms with Gasteiger partial charge >= 0.3 is 8.24 Å². The van der Waals surface area contributed by atoms with Gasteiger partial charge in [0.15, 0.2) is 0 Å². The first-order chi connectivity index (χ1) is 21.1. The third-order valence-electron chi connectivity index (χ3n) is 8.93. The van der Waals surface area contributed by atoms with Crippen molar-refractivity contribution in [3.63, 3.8) is 0 Å². The summed E-state index contributed by atoms with van der Waals surface area (Å²) >= 11 is 0. The number of hydrogen-bond acceptors (Lipinski definition) is 5. The molecule has 1 aliphatic heterocycles. The van der Waals surface area contributed by atoms with Crippen molar-refractivity contribution in [2.45, 2.75) is 125 Å². The van der Waals surface area contributed by atoms with Crippen molar-refractivity contribution >= 4 is 36.1 Å². The zero-order chi connectivity index (χ0) is 34.0. The summed E-state index contributed by atoms with van der Waals surface area (Å²) in [6, 6.07) is 15.4. The molecule has 0 bridgehead atoms. The van der Waals surface area contributed by atoms with Crippen LogP contribution in [0, 0.1) is 13.8 Å². The van der Waals surface area contributed by atoms with Gasteiger partial charge in [-0.2, -0.15) is 0 Å². The number of aliphatic imine (C=N–C) groups is 1. The van der Waals surface area contributed by atoms with E-state index in [2.05, 4.69) is 139 Å². The van der Waals surface area contributed by atoms with E-state index in [1.807, 2.05) is 0 Å². The summed E-state index contributed by atoms with van der Waals surface area (Å²) in [5.41, 5.74) is 9.47. The van der Waals surface area contributed by atoms with Crippen molar-refractivity contribution < 1.29 is 17.7 Å². The van der Waals surface area contributed by atoms with Gasteiger partial charge in [-0.25, -0.2) is 4.99 Å². The van der Waals surface area contributed by atoms with Crippen LogP contribution in [0.15, 0.2) is 55.9 Å². The Balaban J connectivity index is 1.76. The maximum Gasteiger partial charge on any atom is 0.387 e. The maximum absolute atomic E-state index is 6.90. The number of ether oxygens (including phenoxy) is 1. The van der Waals surface area contributed by atoms with Gasteiger partial charge in [-0.3, -0.25) is 4.52 Å². The molecule has 248 valence electrons. The molecule has 0 N–H and O–H groups in total. The highest BCUT2D eigenvalue weighted by Crippen LogP contribution is 2.45. The van der Waals surface area contributed by atoms with Crippen LogP contribution in [0.4, 0.5) is 0 Å². The third-order valence-corrected chi connectivity index (χ3v) is 9.95. The highest BCUT2D eigenvalue weighted by atomic mass is 31.1. The van der Waals surface area contributed by atoms with Crippen LogP contribution in [0.1, 0.15) is 122 Å². The largest absolute Gasteiger partial charge is 0.475 e. The third kappa shape index (κ3) is 6.97. The van der Waals surface area contributed by atoms with Crippen LogP contribution in [-0.2, 0) is 26.4 Å². The van der Waals surface area contributed by atoms with Gasteiger partial charge in [0, 0.05) is 27.5 Å². The van der Waals surface area contributed by atoms with Crippen molar-refractivity contribution in [2.24, 2.45) is 4.99 Å². The lowest BCUT2D eigenvalue weighted by molar-refractivity contribution is 0.270. The second-order valence-electron chi connectivity index (χ2n) is 17.2. The molecule has 0 unspecified atom stereocenters. The van der Waals surface area contributed by atoms with E-state index < -0.39 is 8.24 Å². The van der Waals surface area contributed by atoms with Gasteiger partial charge < -0.3 is 13.1 Å². The second kappa shape index (κ2) is 11.9. The Kier molecular flexibility index (Phi) is 8.88. The van der Waals surface area contributed by atoms with E-state index in [9.17, 15) is 0 Å². The Morgan fingerprint density at radius 1 is 0.696 bits per heavy atom. The molecule has 0 spiro atoms. The molecule has 0 saturated heterocycles. The zero-order valence-corrected chi connectivity index (χ0v) is 31.5. The van der Waals surface area contributed by atoms with Gasteiger partial charge in [-0.05, 0) is 69.9 Å². The molecule has 6 heteroatoms. The first kappa shape index (κ1) is 34.3. The van der Waals surface area contributed by atoms with Gasteiger partial charge in [0.2, 0.25) is 5.90 Å². The molecule has 0 fully saturated rings. The Morgan fingerprint density at radius 3 is 1.57 bits per heavy atom. The van der Waals surface area contributed by atoms with Crippen LogP contribution in [0.3, 0.4) is 0 Å². The van der Waals surface area contributed by atoms with Gasteiger partial charge in [-0.1, -0.05) is 113 Å². The minimum atomic E-state index is -1.80. The van der Waals surface area contributed by atoms with E-state index in [1.165, 1.54) is 11.1 Å². The van der Waals surface area contributed by atoms with Crippen LogP contribution in [0.25, 0.3) is 21.9 Å². The Hall–Kier alpha value is -3.01. The Labute approximate surface area is 277 Å². The highest BCUT2D eigenvalue weighted by Gasteiger charge is 2.29. The van der Waals surface area contributed by atoms with Crippen molar-refractivity contribution in [1.29, 1.82) is 0 Å². The van der Waals surface area contributed by atoms with Crippen LogP contribution in [0.5, 0.6) is 0 Å². The molecule has 0 saturated carbocycles. The average Bonchev–Trinajstić information content (AvgIpc) is 3.30. The summed E-state index contributed by atoms with van der Waals surface area (Å²) in [5, 5.41) is 2.13. The molecule has 1 atom stereocenters. The highest BCUT2D eigenvalue weighted by molar-refractivity contribution is 7.31. The lowest BCUT2D eigenvalue weighted by Crippen LogP contribution is -2.17. The molecule has 4 aromatic rings. The molecular formula is C40H54NO4P. The van der Waals surface area contributed by atoms with Crippen LogP contribution in [0.2, 0.25) is 0 Å². The van der Waals surface area contributed by atoms with E-state index in [0.717, 1.165) is 49.8 Å². The van der Waals surface area contributed by atoms with Gasteiger partial charge in [0.05, 0.1) is 6.61 Å². The smallest absolute Gasteiger partial charge is 0.387 e. The number of benzene rings is 3. The predicted molar refractivity (Wildman–Crippen MR) is 195 cm³/mol. The normalized spacial score (nSPS) is 16.2. The molecular weight excluding hydrogens is 589 g/mol. The Morgan fingerprint density at radius 2 is 1.15 bits per heavy atom. The minimum Gasteiger partial charge on any atom is -0.475 e. The topological polar surface area (TPSA) is 57.1 Å². The monoisotopic (exact) mass is 643 g/mol. The van der Waals surface area contributed by atoms with Gasteiger partial charge in [-0.15, -0.1) is 0 Å². The van der Waals surface area contributed by atoms with Crippen LogP contribution >= 0.6 is 8.24 Å². The molecule has 1 aromatic heterocycles. The van der Waals surface area contributed by atoms with E-state index in [4.69, 9.17) is 22.6 Å². The summed E-state index contributed by atoms with van der Waals surface area (Å²) < 4.78 is 26.5. The summed E-state index contributed by atoms with van der Waals surface area (Å²) in [4.78, 5) is 4.94. The number of fused-ring (bicyclic) bond motifs is 3. The van der Waals surface area contributed by atoms with Crippen LogP contribution < -0.4 is 4.52 Å². The number of rotatable bonds is 4. The summed E-state index contributed by atoms with van der Waals surface area (Å²) in [6.07, 6.45) is 0. The van der Waals surface area contributed by atoms with Crippen molar-refractivity contribution in [3.05, 3.63) is 81.4 Å². The quantitative estimate of drug-likeness (QED) is 0.222. The molecule has 0 radical (unpaired) electrons. The van der Waals surface area contributed by atoms with Crippen LogP contribution in [-0.4, -0.2) is 25.2 Å². The number of nitrogens with zero attached hydrogens (tertiary/aromatic N) is 1. The average molecular weight is 644 g/mol. The van der Waals surface area contributed by atoms with Gasteiger partial charge in [0.25, 0.3) is 0 Å². The number of hydrogen-bond donors (Lipinski definition) is 0. The molecule has 1 aliphatic rings. The fourth-order valence-electron chi connectivity index (χ4n) is 5.99. The number of aryl methyl sites for hydroxylation is 2. The zero-order valence-electron chi connectivity index (χ0n) is 30.6. The van der Waals surface area contributed by atoms with Crippen molar-refractivity contribution in [1.82, 2.24) is 0 Å². The molecule has 46 heavy (non-hydrogen) atoms. The fraction of sp³-hybridized carbons (Fsp3) is 0.525. The molecule has 5 nitrogen and oxygen atoms in total. The standard InChI is InChI=1S/C40H54NO4P/c1-24-16-15-17-25(2)33(24)36-41-28(22-42-36)23-43-46-44-34-29(18-26(37(3,4)5)20-31(34)39(9,10)11)30-19-27(38(6,7)8)21-32(35(30)45-46)40(12,13)14/h15-21,28H,22-23H2,1-14H3/t28-/m0/s1. The van der Waals surface area contributed by atoms with Crippen molar-refractivity contribution in [3.8, 4) is 0 Å². The molecule has 3 aromatic carbocycles. The molecule has 5 rings (SSSR count). The maximum atomic E-state index is 6.90. The summed E-state index contributed by atoms with van der Waals surface area (Å²) in [5.74, 6) is 0.685. The summed E-state index contributed by atoms with van der Waals surface area (Å²) in [7, 11) is -1.80. The lowest BCUT2D eigenvalue weighted by Gasteiger charge is -2.27. The van der Waals surface area contributed by atoms with E-state index in [0.29, 0.717) is 19.1 Å². The van der Waals surface area contributed by atoms with E-state index in [-0.39, 0.29) is 27.7 Å². The van der Waals surface area contributed by atoms with Gasteiger partial charge in [0.1, 0.15) is 23.8 Å².